The van der Waals surface area contributed by atoms with E-state index in [1.807, 2.05) is 0 Å². The normalized spacial score (nSPS) is 16.9. The van der Waals surface area contributed by atoms with Gasteiger partial charge >= 0.3 is 269 Å². The zero-order valence-corrected chi connectivity index (χ0v) is 133. The number of hydrogen-bond donors (Lipinski definition) is 0. The lowest BCUT2D eigenvalue weighted by Gasteiger charge is -2.45. The third kappa shape index (κ3) is 67.2. The Kier molecular flexibility index (Phi) is 51.9. The first-order chi connectivity index (χ1) is 60.2. The summed E-state index contributed by atoms with van der Waals surface area (Å²) in [5.74, 6) is -0.845. The lowest BCUT2D eigenvalue weighted by atomic mass is 10.0. The van der Waals surface area contributed by atoms with Gasteiger partial charge in [-0.15, -0.1) is 0 Å². The Bertz CT molecular complexity index is 3570. The van der Waals surface area contributed by atoms with Crippen molar-refractivity contribution in [3.8, 4) is 0 Å². The van der Waals surface area contributed by atoms with Crippen molar-refractivity contribution in [1.29, 1.82) is 0 Å². The summed E-state index contributed by atoms with van der Waals surface area (Å²) >= 11 is 0. The Morgan fingerprint density at radius 1 is 0.164 bits per heavy atom. The van der Waals surface area contributed by atoms with Crippen LogP contribution in [-0.4, -0.2) is 285 Å². The molecule has 0 spiro atoms. The van der Waals surface area contributed by atoms with Crippen LogP contribution >= 0.6 is 0 Å². The molecular weight excluding hydrogens is 2330 g/mol. The Morgan fingerprint density at radius 2 is 0.250 bits per heavy atom. The topological polar surface area (TPSA) is 330 Å². The number of ether oxygens (including phenoxy) is 1. The van der Waals surface area contributed by atoms with Gasteiger partial charge in [0.25, 0.3) is 0 Å². The van der Waals surface area contributed by atoms with Crippen molar-refractivity contribution in [3.05, 3.63) is 0 Å². The van der Waals surface area contributed by atoms with Crippen LogP contribution in [0.2, 0.25) is 432 Å². The highest BCUT2D eigenvalue weighted by Gasteiger charge is 2.59. The van der Waals surface area contributed by atoms with Crippen LogP contribution < -0.4 is 0 Å². The number of hydrogen-bond acceptors (Lipinski definition) is 34. The molecule has 1 aliphatic rings. The van der Waals surface area contributed by atoms with Gasteiger partial charge in [0.2, 0.25) is 0 Å². The van der Waals surface area contributed by atoms with Gasteiger partial charge in [0.15, 0.2) is 16.6 Å². The maximum Gasteiger partial charge on any atom is 0.317 e. The summed E-state index contributed by atoms with van der Waals surface area (Å²) in [6.45, 7) is 139. The van der Waals surface area contributed by atoms with Crippen LogP contribution in [0.1, 0.15) is 32.6 Å². The van der Waals surface area contributed by atoms with Gasteiger partial charge in [0.1, 0.15) is 0 Å². The molecule has 838 valence electrons. The molecule has 1 heterocycles. The van der Waals surface area contributed by atoms with E-state index in [1.54, 1.807) is 0 Å². The van der Waals surface area contributed by atoms with Gasteiger partial charge < -0.3 is 132 Å². The van der Waals surface area contributed by atoms with Gasteiger partial charge in [-0.1, -0.05) is 19.8 Å². The van der Waals surface area contributed by atoms with E-state index in [0.29, 0.717) is 6.42 Å². The summed E-state index contributed by atoms with van der Waals surface area (Å²) in [7, 11) is -89.0. The quantitative estimate of drug-likeness (QED) is 0.0310. The average Bonchev–Trinajstić information content (AvgIpc) is 1.24. The minimum atomic E-state index is -2.95. The van der Waals surface area contributed by atoms with Gasteiger partial charge in [-0.2, -0.15) is 0 Å². The number of carbonyl (C=O) groups is 2. The zero-order valence-electron chi connectivity index (χ0n) is 101. The average molecular weight is 2540 g/mol. The van der Waals surface area contributed by atoms with Crippen LogP contribution in [-0.2, 0) is 142 Å². The van der Waals surface area contributed by atoms with E-state index in [4.69, 9.17) is 128 Å². The lowest BCUT2D eigenvalue weighted by Crippen LogP contribution is -2.63. The fourth-order valence-electron chi connectivity index (χ4n) is 20.5. The van der Waals surface area contributed by atoms with Crippen molar-refractivity contribution >= 4 is 285 Å². The molecule has 0 saturated carbocycles. The fraction of sp³-hybridized carbons (Fsp3) is 0.973. The first kappa shape index (κ1) is 145. The second-order valence-corrected chi connectivity index (χ2v) is 170. The highest BCUT2D eigenvalue weighted by Crippen LogP contribution is 2.40. The number of carbonyl (C=O) groups excluding carboxylic acids is 2. The summed E-state index contributed by atoms with van der Waals surface area (Å²) in [6.07, 6.45) is 3.13. The standard InChI is InChI=1S/C66H198O31Si32.C8H12O3/c1-98(2,3)67-100(7,8)69-102(11,12)71-104(15,16)73-106(19,20)75-108(23,24)77-110(27,28)79-112(31,32)81-114(35,36)83-116(39,40)85-118(43,44)87-120(47,48)89-122(51,52)91-124(55,56)93-126(59,60)95-128(63,64)97-129(65,66)96-127(61,62)94-125(57,58)92-123(53,54)90-121(49,50)88-119(45,46)86-117(41,42)84-115(37,38)82-113(33,34)80-111(29,30)78-109(25,26)76-107(21,22)74-105(17,18)72-103(13,14)70-101(9,10)68-99(4,5)6;1-2-3-4-6-5-7(9)11-8(6)10/h1-66H3;6H,2-5H2,1H3. The largest absolute Gasteiger partial charge is 0.437 e. The monoisotopic (exact) mass is 2540 g/mol. The molecule has 0 N–H and O–H groups in total. The molecule has 1 rings (SSSR count). The lowest BCUT2D eigenvalue weighted by molar-refractivity contribution is -0.153. The predicted octanol–water partition coefficient (Wildman–Crippen LogP) is 25.5. The molecule has 0 aromatic heterocycles. The Balaban J connectivity index is 0.0000163. The molecule has 34 nitrogen and oxygen atoms in total. The highest BCUT2D eigenvalue weighted by atomic mass is 28.6. The van der Waals surface area contributed by atoms with Gasteiger partial charge in [-0.25, -0.2) is 0 Å². The molecule has 66 heteroatoms. The summed E-state index contributed by atoms with van der Waals surface area (Å²) in [5, 5.41) is 0. The van der Waals surface area contributed by atoms with E-state index in [9.17, 15) is 9.59 Å². The molecule has 1 saturated heterocycles. The maximum atomic E-state index is 10.8. The third-order valence-corrected chi connectivity index (χ3v) is 140. The van der Waals surface area contributed by atoms with E-state index >= 15 is 0 Å². The second-order valence-electron chi connectivity index (χ2n) is 52.2. The molecule has 0 bridgehead atoms. The van der Waals surface area contributed by atoms with E-state index in [0.717, 1.165) is 19.3 Å². The van der Waals surface area contributed by atoms with E-state index in [-0.39, 0.29) is 17.9 Å². The van der Waals surface area contributed by atoms with Crippen LogP contribution in [0.5, 0.6) is 0 Å². The summed E-state index contributed by atoms with van der Waals surface area (Å²) < 4.78 is 219. The SMILES string of the molecule is CCCCC1CC(=O)OC1=O.C[Si](C)(C)O[Si](C)(C)O[Si](C)(C)O[Si](C)(C)O[Si](C)(C)O[Si](C)(C)O[Si](C)(C)O[Si](C)(C)O[Si](C)(C)O[Si](C)(C)O[Si](C)(C)O[Si](C)(C)O[Si](C)(C)O[Si](C)(C)O[Si](C)(C)O[Si](C)(C)O[Si](C)(C)O[Si](C)(C)O[Si](C)(C)O[Si](C)(C)O[Si](C)(C)O[Si](C)(C)O[Si](C)(C)O[Si](C)(C)O[Si](C)(C)O[Si](C)(C)O[Si](C)(C)O[Si](C)(C)O[Si](C)(C)O[Si](C)(C)O[Si](C)(C)O[Si](C)(C)C. The van der Waals surface area contributed by atoms with Crippen molar-refractivity contribution in [2.45, 2.75) is 465 Å². The fourth-order valence-corrected chi connectivity index (χ4v) is 186. The van der Waals surface area contributed by atoms with Crippen LogP contribution in [0.3, 0.4) is 0 Å². The Labute approximate surface area is 889 Å². The summed E-state index contributed by atoms with van der Waals surface area (Å²) in [4.78, 5) is 21.4. The third-order valence-electron chi connectivity index (χ3n) is 17.2. The molecule has 0 radical (unpaired) electrons. The number of esters is 2. The molecule has 1 unspecified atom stereocenters. The zero-order chi connectivity index (χ0) is 112. The summed E-state index contributed by atoms with van der Waals surface area (Å²) in [5.41, 5.74) is 0. The molecule has 1 atom stereocenters. The van der Waals surface area contributed by atoms with Crippen molar-refractivity contribution in [2.24, 2.45) is 5.92 Å². The highest BCUT2D eigenvalue weighted by molar-refractivity contribution is 6.99. The van der Waals surface area contributed by atoms with Crippen LogP contribution in [0.25, 0.3) is 0 Å². The predicted molar refractivity (Wildman–Crippen MR) is 644 cm³/mol. The van der Waals surface area contributed by atoms with Gasteiger partial charge in [-0.3, -0.25) is 9.59 Å². The van der Waals surface area contributed by atoms with Crippen LogP contribution in [0, 0.1) is 5.92 Å². The van der Waals surface area contributed by atoms with Crippen molar-refractivity contribution in [1.82, 2.24) is 0 Å². The van der Waals surface area contributed by atoms with Crippen molar-refractivity contribution < 1.29 is 142 Å². The molecule has 0 aromatic carbocycles. The molecule has 0 aromatic rings. The Morgan fingerprint density at radius 3 is 0.314 bits per heavy atom. The van der Waals surface area contributed by atoms with Crippen LogP contribution in [0.15, 0.2) is 0 Å². The van der Waals surface area contributed by atoms with E-state index < -0.39 is 273 Å². The molecule has 140 heavy (non-hydrogen) atoms. The molecule has 1 aliphatic heterocycles. The first-order valence-corrected chi connectivity index (χ1v) is 141. The van der Waals surface area contributed by atoms with E-state index in [2.05, 4.69) is 444 Å². The maximum absolute atomic E-state index is 10.8. The minimum Gasteiger partial charge on any atom is -0.437 e. The molecular formula is C74H210O34Si32. The Hall–Kier alpha value is 4.84. The minimum absolute atomic E-state index is 0.151. The summed E-state index contributed by atoms with van der Waals surface area (Å²) in [6, 6.07) is 0. The first-order valence-electron chi connectivity index (χ1n) is 49.6. The molecule has 0 aliphatic carbocycles. The molecule has 0 amide bonds. The number of rotatable bonds is 65. The van der Waals surface area contributed by atoms with Gasteiger partial charge in [0, 0.05) is 0 Å². The smallest absolute Gasteiger partial charge is 0.317 e. The van der Waals surface area contributed by atoms with Crippen LogP contribution in [0.4, 0.5) is 0 Å². The number of cyclic esters (lactones) is 2. The van der Waals surface area contributed by atoms with Crippen molar-refractivity contribution in [2.75, 3.05) is 0 Å². The van der Waals surface area contributed by atoms with Gasteiger partial charge in [0.05, 0.1) is 12.3 Å². The molecule has 1 fully saturated rings. The van der Waals surface area contributed by atoms with Crippen molar-refractivity contribution in [3.63, 3.8) is 0 Å². The van der Waals surface area contributed by atoms with Gasteiger partial charge in [-0.05, 0) is 439 Å². The number of unbranched alkanes of at least 4 members (excludes halogenated alkanes) is 1. The van der Waals surface area contributed by atoms with E-state index in [1.165, 1.54) is 0 Å². The second kappa shape index (κ2) is 50.2.